The van der Waals surface area contributed by atoms with E-state index in [-0.39, 0.29) is 18.6 Å². The van der Waals surface area contributed by atoms with Gasteiger partial charge in [0, 0.05) is 25.5 Å². The highest BCUT2D eigenvalue weighted by Gasteiger charge is 2.26. The Morgan fingerprint density at radius 3 is 2.90 bits per heavy atom. The number of piperidine rings is 2. The quantitative estimate of drug-likeness (QED) is 0.680. The first-order valence-corrected chi connectivity index (χ1v) is 10.9. The summed E-state index contributed by atoms with van der Waals surface area (Å²) in [5, 5.41) is 12.0. The van der Waals surface area contributed by atoms with Crippen LogP contribution < -0.4 is 0 Å². The summed E-state index contributed by atoms with van der Waals surface area (Å²) < 4.78 is 7.68. The maximum absolute atomic E-state index is 12.9. The summed E-state index contributed by atoms with van der Waals surface area (Å²) in [6, 6.07) is 3.91. The monoisotopic (exact) mass is 413 g/mol. The van der Waals surface area contributed by atoms with Crippen LogP contribution in [0.15, 0.2) is 24.5 Å². The lowest BCUT2D eigenvalue weighted by atomic mass is 9.99. The van der Waals surface area contributed by atoms with Gasteiger partial charge >= 0.3 is 0 Å². The number of pyridine rings is 1. The molecule has 9 nitrogen and oxygen atoms in total. The van der Waals surface area contributed by atoms with Crippen LogP contribution in [-0.4, -0.2) is 73.2 Å². The van der Waals surface area contributed by atoms with Crippen molar-refractivity contribution in [1.82, 2.24) is 35.0 Å². The topological polar surface area (TPSA) is 89.3 Å². The molecule has 9 heteroatoms. The molecule has 0 spiro atoms. The number of aromatic nitrogens is 5. The number of hydrogen-bond acceptors (Lipinski definition) is 7. The molecule has 0 radical (unpaired) electrons. The molecule has 2 aliphatic rings. The summed E-state index contributed by atoms with van der Waals surface area (Å²) in [4.78, 5) is 21.3. The first kappa shape index (κ1) is 20.9. The van der Waals surface area contributed by atoms with Crippen LogP contribution in [0.4, 0.5) is 0 Å². The average molecular weight is 414 g/mol. The van der Waals surface area contributed by atoms with Gasteiger partial charge in [-0.15, -0.1) is 5.10 Å². The Bertz CT molecular complexity index is 805. The van der Waals surface area contributed by atoms with E-state index in [2.05, 4.69) is 32.3 Å². The molecule has 0 saturated carbocycles. The van der Waals surface area contributed by atoms with E-state index >= 15 is 0 Å². The van der Waals surface area contributed by atoms with Gasteiger partial charge in [0.25, 0.3) is 0 Å². The maximum Gasteiger partial charge on any atom is 0.244 e. The number of rotatable bonds is 7. The zero-order valence-electron chi connectivity index (χ0n) is 17.7. The van der Waals surface area contributed by atoms with Gasteiger partial charge in [-0.2, -0.15) is 0 Å². The second-order valence-electron chi connectivity index (χ2n) is 8.49. The molecule has 0 bridgehead atoms. The molecule has 4 heterocycles. The van der Waals surface area contributed by atoms with Crippen LogP contribution in [-0.2, 0) is 29.2 Å². The summed E-state index contributed by atoms with van der Waals surface area (Å²) in [7, 11) is 0. The number of carbonyl (C=O) groups excluding carboxylic acids is 1. The molecule has 1 unspecified atom stereocenters. The minimum atomic E-state index is 0.0468. The van der Waals surface area contributed by atoms with Gasteiger partial charge < -0.3 is 9.64 Å². The van der Waals surface area contributed by atoms with Gasteiger partial charge in [0.15, 0.2) is 5.82 Å². The normalized spacial score (nSPS) is 21.1. The maximum atomic E-state index is 12.9. The molecule has 1 atom stereocenters. The average Bonchev–Trinajstić information content (AvgIpc) is 3.21. The van der Waals surface area contributed by atoms with Crippen molar-refractivity contribution in [2.24, 2.45) is 5.92 Å². The number of tetrazole rings is 1. The molecular formula is C21H31N7O2. The van der Waals surface area contributed by atoms with E-state index in [1.54, 1.807) is 10.9 Å². The third-order valence-electron chi connectivity index (χ3n) is 6.07. The van der Waals surface area contributed by atoms with Crippen molar-refractivity contribution in [3.05, 3.63) is 35.9 Å². The first-order chi connectivity index (χ1) is 14.7. The highest BCUT2D eigenvalue weighted by atomic mass is 16.5. The molecule has 0 aromatic carbocycles. The number of ether oxygens (including phenoxy) is 1. The number of carbonyl (C=O) groups is 1. The summed E-state index contributed by atoms with van der Waals surface area (Å²) in [5.74, 6) is 1.59. The highest BCUT2D eigenvalue weighted by Crippen LogP contribution is 2.18. The lowest BCUT2D eigenvalue weighted by Crippen LogP contribution is -2.44. The van der Waals surface area contributed by atoms with Crippen molar-refractivity contribution >= 4 is 5.91 Å². The van der Waals surface area contributed by atoms with E-state index in [1.807, 2.05) is 23.2 Å². The summed E-state index contributed by atoms with van der Waals surface area (Å²) in [6.07, 6.45) is 7.93. The molecule has 2 aliphatic heterocycles. The Morgan fingerprint density at radius 2 is 2.10 bits per heavy atom. The van der Waals surface area contributed by atoms with E-state index in [0.717, 1.165) is 49.8 Å². The highest BCUT2D eigenvalue weighted by molar-refractivity contribution is 5.76. The molecule has 1 amide bonds. The molecule has 2 aromatic rings. The van der Waals surface area contributed by atoms with Gasteiger partial charge in [-0.1, -0.05) is 13.0 Å². The Kier molecular flexibility index (Phi) is 7.01. The second kappa shape index (κ2) is 10.1. The molecule has 4 rings (SSSR count). The molecule has 30 heavy (non-hydrogen) atoms. The predicted molar refractivity (Wildman–Crippen MR) is 110 cm³/mol. The standard InChI is InChI=1S/C21H31N7O2/c1-17-6-10-26(11-7-17)14-20-23-24-25-28(20)15-21(29)27-9-3-5-19(13-27)30-16-18-4-2-8-22-12-18/h2,4,8,12,17,19H,3,5-7,9-11,13-16H2,1H3. The number of amides is 1. The van der Waals surface area contributed by atoms with Crippen LogP contribution in [0.5, 0.6) is 0 Å². The Labute approximate surface area is 177 Å². The third-order valence-corrected chi connectivity index (χ3v) is 6.07. The van der Waals surface area contributed by atoms with Gasteiger partial charge in [0.2, 0.25) is 5.91 Å². The molecule has 2 aromatic heterocycles. The largest absolute Gasteiger partial charge is 0.372 e. The summed E-state index contributed by atoms with van der Waals surface area (Å²) in [5.41, 5.74) is 1.05. The van der Waals surface area contributed by atoms with Gasteiger partial charge in [-0.05, 0) is 66.7 Å². The molecule has 2 fully saturated rings. The van der Waals surface area contributed by atoms with E-state index in [4.69, 9.17) is 4.74 Å². The molecule has 162 valence electrons. The number of hydrogen-bond donors (Lipinski definition) is 0. The van der Waals surface area contributed by atoms with E-state index in [0.29, 0.717) is 19.7 Å². The predicted octanol–water partition coefficient (Wildman–Crippen LogP) is 1.51. The van der Waals surface area contributed by atoms with Gasteiger partial charge in [0.1, 0.15) is 6.54 Å². The van der Waals surface area contributed by atoms with Crippen LogP contribution >= 0.6 is 0 Å². The van der Waals surface area contributed by atoms with Crippen molar-refractivity contribution in [2.45, 2.75) is 58.4 Å². The van der Waals surface area contributed by atoms with Crippen molar-refractivity contribution < 1.29 is 9.53 Å². The smallest absolute Gasteiger partial charge is 0.244 e. The minimum Gasteiger partial charge on any atom is -0.372 e. The van der Waals surface area contributed by atoms with E-state index < -0.39 is 0 Å². The summed E-state index contributed by atoms with van der Waals surface area (Å²) >= 11 is 0. The lowest BCUT2D eigenvalue weighted by molar-refractivity contribution is -0.136. The Morgan fingerprint density at radius 1 is 1.23 bits per heavy atom. The van der Waals surface area contributed by atoms with E-state index in [1.165, 1.54) is 12.8 Å². The van der Waals surface area contributed by atoms with Crippen molar-refractivity contribution in [3.8, 4) is 0 Å². The zero-order valence-corrected chi connectivity index (χ0v) is 17.7. The number of likely N-dealkylation sites (tertiary alicyclic amines) is 2. The van der Waals surface area contributed by atoms with Crippen molar-refractivity contribution in [2.75, 3.05) is 26.2 Å². The second-order valence-corrected chi connectivity index (χ2v) is 8.49. The fourth-order valence-electron chi connectivity index (χ4n) is 4.11. The molecule has 2 saturated heterocycles. The fourth-order valence-corrected chi connectivity index (χ4v) is 4.11. The SMILES string of the molecule is CC1CCN(Cc2nnnn2CC(=O)N2CCCC(OCc3cccnc3)C2)CC1. The van der Waals surface area contributed by atoms with Crippen molar-refractivity contribution in [1.29, 1.82) is 0 Å². The summed E-state index contributed by atoms with van der Waals surface area (Å²) in [6.45, 7) is 7.19. The molecule has 0 N–H and O–H groups in total. The van der Waals surface area contributed by atoms with E-state index in [9.17, 15) is 4.79 Å². The Balaban J connectivity index is 1.28. The van der Waals surface area contributed by atoms with Crippen LogP contribution in [0.25, 0.3) is 0 Å². The first-order valence-electron chi connectivity index (χ1n) is 10.9. The number of nitrogens with zero attached hydrogens (tertiary/aromatic N) is 7. The third kappa shape index (κ3) is 5.60. The van der Waals surface area contributed by atoms with Crippen LogP contribution in [0.2, 0.25) is 0 Å². The lowest BCUT2D eigenvalue weighted by Gasteiger charge is -2.33. The fraction of sp³-hybridized carbons (Fsp3) is 0.667. The Hall–Kier alpha value is -2.39. The van der Waals surface area contributed by atoms with Crippen LogP contribution in [0.3, 0.4) is 0 Å². The van der Waals surface area contributed by atoms with Crippen LogP contribution in [0.1, 0.15) is 44.0 Å². The molecular weight excluding hydrogens is 382 g/mol. The van der Waals surface area contributed by atoms with Gasteiger partial charge in [0.05, 0.1) is 19.3 Å². The molecule has 0 aliphatic carbocycles. The van der Waals surface area contributed by atoms with Gasteiger partial charge in [-0.25, -0.2) is 4.68 Å². The minimum absolute atomic E-state index is 0.0468. The zero-order chi connectivity index (χ0) is 20.8. The van der Waals surface area contributed by atoms with Crippen LogP contribution in [0, 0.1) is 5.92 Å². The van der Waals surface area contributed by atoms with Gasteiger partial charge in [-0.3, -0.25) is 14.7 Å². The van der Waals surface area contributed by atoms with Crippen molar-refractivity contribution in [3.63, 3.8) is 0 Å².